The topological polar surface area (TPSA) is 163 Å². The van der Waals surface area contributed by atoms with E-state index in [1.165, 1.54) is 0 Å². The maximum Gasteiger partial charge on any atom is 0.340 e. The predicted octanol–water partition coefficient (Wildman–Crippen LogP) is -3.41. The molecule has 0 saturated carbocycles. The van der Waals surface area contributed by atoms with Crippen molar-refractivity contribution in [3.8, 4) is 0 Å². The Kier molecular flexibility index (Phi) is 3.22. The van der Waals surface area contributed by atoms with Crippen molar-refractivity contribution in [1.82, 2.24) is 0 Å². The van der Waals surface area contributed by atoms with Gasteiger partial charge in [-0.15, -0.1) is 0 Å². The second-order valence-electron chi connectivity index (χ2n) is 1.68. The van der Waals surface area contributed by atoms with Crippen LogP contribution in [0.25, 0.3) is 0 Å². The van der Waals surface area contributed by atoms with E-state index in [-0.39, 0.29) is 0 Å². The van der Waals surface area contributed by atoms with E-state index >= 15 is 0 Å². The molecule has 0 rings (SSSR count). The highest BCUT2D eigenvalue weighted by Crippen LogP contribution is 1.79. The summed E-state index contributed by atoms with van der Waals surface area (Å²) in [7, 11) is 0. The van der Waals surface area contributed by atoms with Crippen molar-refractivity contribution in [1.29, 1.82) is 0 Å². The number of hydrogen-bond donors (Lipinski definition) is 4. The summed E-state index contributed by atoms with van der Waals surface area (Å²) in [6.07, 6.45) is 0. The van der Waals surface area contributed by atoms with E-state index in [9.17, 15) is 9.59 Å². The van der Waals surface area contributed by atoms with Crippen LogP contribution in [-0.2, 0) is 9.59 Å². The summed E-state index contributed by atoms with van der Waals surface area (Å²) in [6, 6.07) is 0. The van der Waals surface area contributed by atoms with Gasteiger partial charge in [0.15, 0.2) is 11.9 Å². The molecule has 0 aliphatic heterocycles. The summed E-state index contributed by atoms with van der Waals surface area (Å²) in [5, 5.41) is 0. The van der Waals surface area contributed by atoms with Gasteiger partial charge in [-0.2, -0.15) is 9.98 Å². The number of amides is 2. The molecule has 2 amide bonds. The normalized spacial score (nSPS) is 8.33. The number of nitrogens with two attached hydrogens (primary N) is 4. The van der Waals surface area contributed by atoms with Crippen LogP contribution >= 0.6 is 0 Å². The lowest BCUT2D eigenvalue weighted by molar-refractivity contribution is -0.135. The first-order valence-electron chi connectivity index (χ1n) is 2.71. The van der Waals surface area contributed by atoms with E-state index in [0.29, 0.717) is 0 Å². The lowest BCUT2D eigenvalue weighted by Gasteiger charge is -1.89. The van der Waals surface area contributed by atoms with Gasteiger partial charge in [0.05, 0.1) is 0 Å². The third-order valence-electron chi connectivity index (χ3n) is 0.644. The molecule has 8 nitrogen and oxygen atoms in total. The number of carbonyl (C=O) groups is 2. The molecule has 0 aromatic heterocycles. The minimum Gasteiger partial charge on any atom is -0.370 e. The smallest absolute Gasteiger partial charge is 0.340 e. The fourth-order valence-electron chi connectivity index (χ4n) is 0.330. The van der Waals surface area contributed by atoms with Gasteiger partial charge >= 0.3 is 11.8 Å². The zero-order chi connectivity index (χ0) is 9.72. The molecule has 0 aliphatic rings. The van der Waals surface area contributed by atoms with Crippen LogP contribution in [0.1, 0.15) is 0 Å². The van der Waals surface area contributed by atoms with Gasteiger partial charge < -0.3 is 22.9 Å². The Labute approximate surface area is 67.3 Å². The Balaban J connectivity index is 4.43. The lowest BCUT2D eigenvalue weighted by Crippen LogP contribution is -2.28. The minimum atomic E-state index is -1.22. The van der Waals surface area contributed by atoms with Gasteiger partial charge in [0.1, 0.15) is 0 Å². The van der Waals surface area contributed by atoms with Crippen molar-refractivity contribution >= 4 is 23.7 Å². The maximum absolute atomic E-state index is 10.6. The Morgan fingerprint density at radius 1 is 0.750 bits per heavy atom. The van der Waals surface area contributed by atoms with Crippen LogP contribution in [0.2, 0.25) is 0 Å². The molecule has 0 unspecified atom stereocenters. The van der Waals surface area contributed by atoms with Crippen LogP contribution in [-0.4, -0.2) is 23.7 Å². The molecular formula is C4H8N6O2. The molecule has 0 saturated heterocycles. The zero-order valence-electron chi connectivity index (χ0n) is 6.02. The van der Waals surface area contributed by atoms with Crippen LogP contribution in [0.15, 0.2) is 9.98 Å². The van der Waals surface area contributed by atoms with Crippen molar-refractivity contribution < 1.29 is 9.59 Å². The van der Waals surface area contributed by atoms with Crippen molar-refractivity contribution in [3.63, 3.8) is 0 Å². The van der Waals surface area contributed by atoms with E-state index in [4.69, 9.17) is 22.9 Å². The fourth-order valence-corrected chi connectivity index (χ4v) is 0.330. The first-order chi connectivity index (χ1) is 5.43. The van der Waals surface area contributed by atoms with E-state index in [1.807, 2.05) is 0 Å². The van der Waals surface area contributed by atoms with Gasteiger partial charge in [-0.25, -0.2) is 0 Å². The molecule has 0 heterocycles. The summed E-state index contributed by atoms with van der Waals surface area (Å²) >= 11 is 0. The molecule has 0 fully saturated rings. The van der Waals surface area contributed by atoms with Crippen LogP contribution in [0.3, 0.4) is 0 Å². The molecule has 0 aliphatic carbocycles. The Bertz CT molecular complexity index is 231. The zero-order valence-corrected chi connectivity index (χ0v) is 6.02. The molecule has 0 radical (unpaired) electrons. The third-order valence-corrected chi connectivity index (χ3v) is 0.644. The second kappa shape index (κ2) is 3.91. The molecule has 8 N–H and O–H groups in total. The van der Waals surface area contributed by atoms with Gasteiger partial charge in [-0.3, -0.25) is 9.59 Å². The van der Waals surface area contributed by atoms with Crippen molar-refractivity contribution in [2.75, 3.05) is 0 Å². The number of rotatable bonds is 0. The second-order valence-corrected chi connectivity index (χ2v) is 1.68. The van der Waals surface area contributed by atoms with Crippen LogP contribution < -0.4 is 22.9 Å². The molecule has 0 aromatic carbocycles. The predicted molar refractivity (Wildman–Crippen MR) is 41.6 cm³/mol. The van der Waals surface area contributed by atoms with Crippen molar-refractivity contribution in [2.24, 2.45) is 32.9 Å². The molecule has 0 spiro atoms. The third kappa shape index (κ3) is 3.82. The molecule has 0 bridgehead atoms. The SMILES string of the molecule is NC(N)=NC(=O)C(=O)N=C(N)N. The first kappa shape index (κ1) is 9.88. The molecule has 12 heavy (non-hydrogen) atoms. The largest absolute Gasteiger partial charge is 0.370 e. The lowest BCUT2D eigenvalue weighted by atomic mass is 10.6. The number of nitrogens with zero attached hydrogens (tertiary/aromatic N) is 2. The van der Waals surface area contributed by atoms with Gasteiger partial charge in [-0.1, -0.05) is 0 Å². The number of carbonyl (C=O) groups excluding carboxylic acids is 2. The molecule has 8 heteroatoms. The first-order valence-corrected chi connectivity index (χ1v) is 2.71. The number of aliphatic imine (C=N–C) groups is 2. The molecule has 0 aromatic rings. The average molecular weight is 172 g/mol. The summed E-state index contributed by atoms with van der Waals surface area (Å²) in [4.78, 5) is 26.9. The Hall–Kier alpha value is -2.12. The average Bonchev–Trinajstić information content (AvgIpc) is 1.84. The highest BCUT2D eigenvalue weighted by atomic mass is 16.2. The highest BCUT2D eigenvalue weighted by Gasteiger charge is 2.11. The highest BCUT2D eigenvalue weighted by molar-refractivity contribution is 6.38. The van der Waals surface area contributed by atoms with E-state index in [0.717, 1.165) is 0 Å². The minimum absolute atomic E-state index is 0.529. The van der Waals surface area contributed by atoms with Gasteiger partial charge in [-0.05, 0) is 0 Å². The fraction of sp³-hybridized carbons (Fsp3) is 0. The Morgan fingerprint density at radius 3 is 1.17 bits per heavy atom. The molecular weight excluding hydrogens is 164 g/mol. The standard InChI is InChI=1S/C4H8N6O2/c5-3(6)9-1(11)2(12)10-4(7)8/h(H4,5,6,9,11)(H4,7,8,10,12). The van der Waals surface area contributed by atoms with Gasteiger partial charge in [0.2, 0.25) is 0 Å². The van der Waals surface area contributed by atoms with Gasteiger partial charge in [0.25, 0.3) is 0 Å². The van der Waals surface area contributed by atoms with Crippen molar-refractivity contribution in [2.45, 2.75) is 0 Å². The summed E-state index contributed by atoms with van der Waals surface area (Å²) in [5.74, 6) is -3.50. The van der Waals surface area contributed by atoms with Crippen LogP contribution in [0, 0.1) is 0 Å². The molecule has 0 atom stereocenters. The van der Waals surface area contributed by atoms with Crippen LogP contribution in [0.5, 0.6) is 0 Å². The van der Waals surface area contributed by atoms with Crippen molar-refractivity contribution in [3.05, 3.63) is 0 Å². The van der Waals surface area contributed by atoms with E-state index < -0.39 is 23.7 Å². The molecule has 66 valence electrons. The number of guanidine groups is 2. The summed E-state index contributed by atoms with van der Waals surface area (Å²) in [5.41, 5.74) is 19.2. The van der Waals surface area contributed by atoms with E-state index in [2.05, 4.69) is 9.98 Å². The monoisotopic (exact) mass is 172 g/mol. The van der Waals surface area contributed by atoms with Gasteiger partial charge in [0, 0.05) is 0 Å². The van der Waals surface area contributed by atoms with Crippen LogP contribution in [0.4, 0.5) is 0 Å². The summed E-state index contributed by atoms with van der Waals surface area (Å²) in [6.45, 7) is 0. The number of hydrogen-bond acceptors (Lipinski definition) is 2. The maximum atomic E-state index is 10.6. The van der Waals surface area contributed by atoms with E-state index in [1.54, 1.807) is 0 Å². The summed E-state index contributed by atoms with van der Waals surface area (Å²) < 4.78 is 0. The quantitative estimate of drug-likeness (QED) is 0.169. The Morgan fingerprint density at radius 2 is 1.00 bits per heavy atom.